The molecule has 0 heterocycles. The number of hydrogen-bond donors (Lipinski definition) is 1. The van der Waals surface area contributed by atoms with Crippen molar-refractivity contribution in [3.63, 3.8) is 0 Å². The van der Waals surface area contributed by atoms with Crippen molar-refractivity contribution in [2.24, 2.45) is 0 Å². The first-order valence-corrected chi connectivity index (χ1v) is 12.7. The van der Waals surface area contributed by atoms with Crippen LogP contribution in [-0.4, -0.2) is 42.0 Å². The molecule has 0 saturated carbocycles. The second-order valence-corrected chi connectivity index (χ2v) is 9.28. The normalized spacial score (nSPS) is 12.2. The summed E-state index contributed by atoms with van der Waals surface area (Å²) in [6, 6.07) is 12.7. The van der Waals surface area contributed by atoms with Gasteiger partial charge in [0.15, 0.2) is 0 Å². The number of rotatable bonds is 16. The predicted octanol–water partition coefficient (Wildman–Crippen LogP) is 7.11. The summed E-state index contributed by atoms with van der Waals surface area (Å²) >= 11 is 1.67. The summed E-state index contributed by atoms with van der Waals surface area (Å²) in [7, 11) is 0. The molecule has 0 fully saturated rings. The molecule has 0 aliphatic carbocycles. The van der Waals surface area contributed by atoms with E-state index in [1.54, 1.807) is 11.8 Å². The van der Waals surface area contributed by atoms with Gasteiger partial charge in [-0.3, -0.25) is 9.59 Å². The van der Waals surface area contributed by atoms with Crippen LogP contribution in [0.25, 0.3) is 0 Å². The number of ketones is 1. The van der Waals surface area contributed by atoms with Crippen molar-refractivity contribution in [1.29, 1.82) is 0 Å². The van der Waals surface area contributed by atoms with Gasteiger partial charge in [-0.25, -0.2) is 0 Å². The summed E-state index contributed by atoms with van der Waals surface area (Å²) in [5.74, 6) is -0.999. The molecule has 0 spiro atoms. The summed E-state index contributed by atoms with van der Waals surface area (Å²) < 4.78 is 48.6. The molecule has 2 aromatic rings. The van der Waals surface area contributed by atoms with Crippen LogP contribution in [0.15, 0.2) is 48.5 Å². The van der Waals surface area contributed by atoms with E-state index >= 15 is 0 Å². The lowest BCUT2D eigenvalue weighted by Gasteiger charge is -2.17. The summed E-state index contributed by atoms with van der Waals surface area (Å²) in [5.41, 5.74) is 0.726. The van der Waals surface area contributed by atoms with Gasteiger partial charge in [-0.15, -0.1) is 0 Å². The summed E-state index contributed by atoms with van der Waals surface area (Å²) in [5, 5.41) is 9.15. The monoisotopic (exact) mass is 512 g/mol. The number of carbonyl (C=O) groups is 2. The Hall–Kier alpha value is -2.68. The van der Waals surface area contributed by atoms with Gasteiger partial charge in [0.25, 0.3) is 5.78 Å². The second-order valence-electron chi connectivity index (χ2n) is 7.97. The van der Waals surface area contributed by atoms with E-state index in [1.807, 2.05) is 24.3 Å². The molecule has 35 heavy (non-hydrogen) atoms. The zero-order valence-corrected chi connectivity index (χ0v) is 20.5. The number of Topliss-reactive ketones (excluding diaryl/α,β-unsaturated/α-hetero) is 1. The number of hydrogen-bond acceptors (Lipinski definition) is 5. The zero-order chi connectivity index (χ0) is 25.7. The summed E-state index contributed by atoms with van der Waals surface area (Å²) in [6.07, 6.45) is 0.194. The number of aliphatic carboxylic acids is 1. The maximum atomic E-state index is 12.4. The minimum Gasteiger partial charge on any atom is -0.493 e. The molecular weight excluding hydrogens is 481 g/mol. The maximum Gasteiger partial charge on any atom is 0.454 e. The minimum absolute atomic E-state index is 0.147. The van der Waals surface area contributed by atoms with Gasteiger partial charge >= 0.3 is 12.1 Å². The fourth-order valence-electron chi connectivity index (χ4n) is 3.30. The van der Waals surface area contributed by atoms with E-state index in [0.717, 1.165) is 43.4 Å². The molecule has 5 nitrogen and oxygen atoms in total. The third-order valence-electron chi connectivity index (χ3n) is 5.16. The fourth-order valence-corrected chi connectivity index (χ4v) is 4.56. The molecule has 0 aromatic heterocycles. The van der Waals surface area contributed by atoms with Crippen molar-refractivity contribution in [3.8, 4) is 11.5 Å². The van der Waals surface area contributed by atoms with Crippen LogP contribution in [0.4, 0.5) is 13.2 Å². The van der Waals surface area contributed by atoms with Crippen LogP contribution in [-0.2, 0) is 4.79 Å². The molecule has 2 aromatic carbocycles. The Morgan fingerprint density at radius 2 is 1.49 bits per heavy atom. The lowest BCUT2D eigenvalue weighted by Crippen LogP contribution is -2.22. The van der Waals surface area contributed by atoms with Crippen molar-refractivity contribution in [1.82, 2.24) is 0 Å². The second kappa shape index (κ2) is 14.7. The Morgan fingerprint density at radius 1 is 0.914 bits per heavy atom. The van der Waals surface area contributed by atoms with E-state index in [0.29, 0.717) is 36.9 Å². The van der Waals surface area contributed by atoms with Crippen LogP contribution in [0.3, 0.4) is 0 Å². The average molecular weight is 513 g/mol. The van der Waals surface area contributed by atoms with Gasteiger partial charge in [-0.05, 0) is 48.4 Å². The molecular formula is C26H31F3O5S. The number of unbranched alkanes of at least 4 members (excludes halogenated alkanes) is 2. The van der Waals surface area contributed by atoms with Gasteiger partial charge in [0.2, 0.25) is 0 Å². The Kier molecular flexibility index (Phi) is 12.0. The van der Waals surface area contributed by atoms with Gasteiger partial charge in [-0.2, -0.15) is 24.9 Å². The third kappa shape index (κ3) is 10.6. The molecule has 0 aliphatic rings. The third-order valence-corrected chi connectivity index (χ3v) is 6.51. The highest BCUT2D eigenvalue weighted by atomic mass is 32.2. The predicted molar refractivity (Wildman–Crippen MR) is 130 cm³/mol. The van der Waals surface area contributed by atoms with Gasteiger partial charge in [-0.1, -0.05) is 38.3 Å². The highest BCUT2D eigenvalue weighted by Crippen LogP contribution is 2.35. The molecule has 1 atom stereocenters. The van der Waals surface area contributed by atoms with Crippen LogP contribution in [0.5, 0.6) is 11.5 Å². The number of carbonyl (C=O) groups excluding carboxylic acids is 1. The van der Waals surface area contributed by atoms with E-state index in [2.05, 4.69) is 6.92 Å². The first-order valence-electron chi connectivity index (χ1n) is 11.6. The van der Waals surface area contributed by atoms with Crippen molar-refractivity contribution in [2.75, 3.05) is 19.0 Å². The highest BCUT2D eigenvalue weighted by Gasteiger charge is 2.39. The van der Waals surface area contributed by atoms with Crippen molar-refractivity contribution in [2.45, 2.75) is 56.9 Å². The lowest BCUT2D eigenvalue weighted by molar-refractivity contribution is -0.136. The van der Waals surface area contributed by atoms with Crippen LogP contribution < -0.4 is 9.47 Å². The number of halogens is 3. The first-order chi connectivity index (χ1) is 16.7. The van der Waals surface area contributed by atoms with Gasteiger partial charge in [0, 0.05) is 23.0 Å². The quantitative estimate of drug-likeness (QED) is 0.191. The Bertz CT molecular complexity index is 914. The molecule has 0 radical (unpaired) electrons. The van der Waals surface area contributed by atoms with Crippen molar-refractivity contribution < 1.29 is 37.3 Å². The van der Waals surface area contributed by atoms with Crippen LogP contribution >= 0.6 is 11.8 Å². The van der Waals surface area contributed by atoms with E-state index in [-0.39, 0.29) is 11.7 Å². The van der Waals surface area contributed by atoms with E-state index in [1.165, 1.54) is 12.1 Å². The molecule has 0 bridgehead atoms. The molecule has 9 heteroatoms. The Labute approximate surface area is 208 Å². The van der Waals surface area contributed by atoms with Gasteiger partial charge < -0.3 is 14.6 Å². The number of carboxylic acids is 1. The molecule has 1 N–H and O–H groups in total. The standard InChI is InChI=1S/C26H31F3O5S/c1-2-3-4-6-23(35-18-15-24(30)31)19-7-11-21(12-8-19)33-16-5-17-34-22-13-9-20(10-14-22)25(32)26(27,28)29/h7-14,23H,2-6,15-18H2,1H3,(H,30,31). The van der Waals surface area contributed by atoms with E-state index < -0.39 is 23.5 Å². The average Bonchev–Trinajstić information content (AvgIpc) is 2.82. The molecule has 192 valence electrons. The van der Waals surface area contributed by atoms with Gasteiger partial charge in [0.1, 0.15) is 11.5 Å². The largest absolute Gasteiger partial charge is 0.493 e. The number of carboxylic acid groups (broad SMARTS) is 1. The number of alkyl halides is 3. The Morgan fingerprint density at radius 3 is 2.00 bits per heavy atom. The van der Waals surface area contributed by atoms with Crippen LogP contribution in [0.1, 0.15) is 66.6 Å². The maximum absolute atomic E-state index is 12.4. The van der Waals surface area contributed by atoms with Crippen LogP contribution in [0, 0.1) is 0 Å². The fraction of sp³-hybridized carbons (Fsp3) is 0.462. The van der Waals surface area contributed by atoms with E-state index in [9.17, 15) is 22.8 Å². The number of thioether (sulfide) groups is 1. The van der Waals surface area contributed by atoms with Crippen molar-refractivity contribution >= 4 is 23.5 Å². The summed E-state index contributed by atoms with van der Waals surface area (Å²) in [4.78, 5) is 22.0. The highest BCUT2D eigenvalue weighted by molar-refractivity contribution is 7.99. The number of ether oxygens (including phenoxy) is 2. The summed E-state index contributed by atoms with van der Waals surface area (Å²) in [6.45, 7) is 2.86. The Balaban J connectivity index is 1.76. The first kappa shape index (κ1) is 28.6. The van der Waals surface area contributed by atoms with Crippen molar-refractivity contribution in [3.05, 3.63) is 59.7 Å². The smallest absolute Gasteiger partial charge is 0.454 e. The SMILES string of the molecule is CCCCCC(SCCC(=O)O)c1ccc(OCCCOc2ccc(C(=O)C(F)(F)F)cc2)cc1. The minimum atomic E-state index is -4.90. The molecule has 1 unspecified atom stereocenters. The van der Waals surface area contributed by atoms with Crippen LogP contribution in [0.2, 0.25) is 0 Å². The molecule has 0 amide bonds. The lowest BCUT2D eigenvalue weighted by atomic mass is 10.1. The van der Waals surface area contributed by atoms with Gasteiger partial charge in [0.05, 0.1) is 19.6 Å². The topological polar surface area (TPSA) is 72.8 Å². The zero-order valence-electron chi connectivity index (χ0n) is 19.7. The molecule has 2 rings (SSSR count). The number of benzene rings is 2. The molecule has 0 saturated heterocycles. The van der Waals surface area contributed by atoms with E-state index in [4.69, 9.17) is 14.6 Å². The molecule has 0 aliphatic heterocycles.